The minimum atomic E-state index is 0. The van der Waals surface area contributed by atoms with Crippen LogP contribution in [0.3, 0.4) is 0 Å². The van der Waals surface area contributed by atoms with Gasteiger partial charge in [0.1, 0.15) is 0 Å². The monoisotopic (exact) mass is 304 g/mol. The summed E-state index contributed by atoms with van der Waals surface area (Å²) in [4.78, 5) is 0. The Morgan fingerprint density at radius 3 is 2.35 bits per heavy atom. The molecule has 17 heavy (non-hydrogen) atoms. The van der Waals surface area contributed by atoms with Gasteiger partial charge in [0.15, 0.2) is 0 Å². The van der Waals surface area contributed by atoms with Crippen molar-refractivity contribution in [2.75, 3.05) is 0 Å². The maximum Gasteiger partial charge on any atom is 2.00 e. The normalized spacial score (nSPS) is 10.3. The first-order chi connectivity index (χ1) is 7.09. The summed E-state index contributed by atoms with van der Waals surface area (Å²) in [6.45, 7) is 6.49. The summed E-state index contributed by atoms with van der Waals surface area (Å²) in [6, 6.07) is 8.08. The van der Waals surface area contributed by atoms with Crippen LogP contribution in [0.15, 0.2) is 24.3 Å². The SMILES string of the molecule is CC(C)(C)c1ccccc1-n1[c-]nnn1.[Br-].[Mg+2]. The zero-order valence-electron chi connectivity index (χ0n) is 10.2. The van der Waals surface area contributed by atoms with Gasteiger partial charge in [-0.3, -0.25) is 0 Å². The molecule has 0 aliphatic heterocycles. The van der Waals surface area contributed by atoms with Gasteiger partial charge in [-0.05, 0) is 17.0 Å². The van der Waals surface area contributed by atoms with E-state index in [1.807, 2.05) is 18.2 Å². The molecule has 2 aromatic rings. The van der Waals surface area contributed by atoms with Crippen molar-refractivity contribution < 1.29 is 17.0 Å². The van der Waals surface area contributed by atoms with Crippen LogP contribution in [0, 0.1) is 6.33 Å². The Bertz CT molecular complexity index is 451. The number of benzene rings is 1. The van der Waals surface area contributed by atoms with Crippen molar-refractivity contribution in [2.24, 2.45) is 0 Å². The van der Waals surface area contributed by atoms with Gasteiger partial charge in [0, 0.05) is 0 Å². The number of aromatic nitrogens is 4. The van der Waals surface area contributed by atoms with E-state index in [2.05, 4.69) is 48.7 Å². The van der Waals surface area contributed by atoms with E-state index in [-0.39, 0.29) is 45.4 Å². The molecule has 1 aromatic carbocycles. The molecule has 0 spiro atoms. The predicted molar refractivity (Wildman–Crippen MR) is 62.4 cm³/mol. The Labute approximate surface area is 128 Å². The van der Waals surface area contributed by atoms with E-state index in [1.165, 1.54) is 5.56 Å². The van der Waals surface area contributed by atoms with E-state index in [0.717, 1.165) is 5.69 Å². The molecule has 0 atom stereocenters. The van der Waals surface area contributed by atoms with Gasteiger partial charge in [0.05, 0.1) is 0 Å². The van der Waals surface area contributed by atoms with Gasteiger partial charge in [0.25, 0.3) is 0 Å². The van der Waals surface area contributed by atoms with Crippen molar-refractivity contribution in [3.05, 3.63) is 36.2 Å². The van der Waals surface area contributed by atoms with Crippen LogP contribution in [0.25, 0.3) is 5.69 Å². The van der Waals surface area contributed by atoms with Gasteiger partial charge in [-0.2, -0.15) is 0 Å². The largest absolute Gasteiger partial charge is 2.00 e. The van der Waals surface area contributed by atoms with Crippen LogP contribution < -0.4 is 17.0 Å². The van der Waals surface area contributed by atoms with E-state index in [4.69, 9.17) is 0 Å². The first-order valence-corrected chi connectivity index (χ1v) is 4.85. The molecule has 2 rings (SSSR count). The second-order valence-corrected chi connectivity index (χ2v) is 4.46. The molecule has 0 unspecified atom stereocenters. The Hall–Kier alpha value is -0.464. The summed E-state index contributed by atoms with van der Waals surface area (Å²) in [5.74, 6) is 0. The Kier molecular flexibility index (Phi) is 6.29. The minimum Gasteiger partial charge on any atom is -1.00 e. The van der Waals surface area contributed by atoms with E-state index >= 15 is 0 Å². The number of tetrazole rings is 1. The quantitative estimate of drug-likeness (QED) is 0.470. The first kappa shape index (κ1) is 16.5. The molecule has 6 heteroatoms. The number of nitrogens with zero attached hydrogens (tertiary/aromatic N) is 4. The molecule has 1 heterocycles. The molecule has 0 aliphatic carbocycles. The van der Waals surface area contributed by atoms with Gasteiger partial charge in [-0.25, -0.2) is 5.10 Å². The predicted octanol–water partition coefficient (Wildman–Crippen LogP) is -1.62. The fourth-order valence-corrected chi connectivity index (χ4v) is 1.54. The number of halogens is 1. The van der Waals surface area contributed by atoms with Crippen LogP contribution in [0.2, 0.25) is 0 Å². The average molecular weight is 305 g/mol. The Morgan fingerprint density at radius 2 is 1.82 bits per heavy atom. The third kappa shape index (κ3) is 3.75. The van der Waals surface area contributed by atoms with Gasteiger partial charge >= 0.3 is 23.1 Å². The molecule has 0 fully saturated rings. The van der Waals surface area contributed by atoms with Gasteiger partial charge < -0.3 is 21.7 Å². The van der Waals surface area contributed by atoms with Crippen LogP contribution in [-0.2, 0) is 5.41 Å². The first-order valence-electron chi connectivity index (χ1n) is 4.85. The molecule has 0 radical (unpaired) electrons. The van der Waals surface area contributed by atoms with E-state index in [9.17, 15) is 0 Å². The minimum absolute atomic E-state index is 0. The summed E-state index contributed by atoms with van der Waals surface area (Å²) < 4.78 is 1.57. The van der Waals surface area contributed by atoms with Crippen molar-refractivity contribution in [3.8, 4) is 5.69 Å². The summed E-state index contributed by atoms with van der Waals surface area (Å²) in [5.41, 5.74) is 2.25. The fraction of sp³-hybridized carbons (Fsp3) is 0.364. The topological polar surface area (TPSA) is 43.6 Å². The number of para-hydroxylation sites is 1. The van der Waals surface area contributed by atoms with Crippen molar-refractivity contribution in [2.45, 2.75) is 26.2 Å². The molecule has 0 saturated heterocycles. The van der Waals surface area contributed by atoms with Gasteiger partial charge in [-0.1, -0.05) is 55.4 Å². The Morgan fingerprint density at radius 1 is 1.18 bits per heavy atom. The number of rotatable bonds is 1. The van der Waals surface area contributed by atoms with Crippen molar-refractivity contribution in [1.29, 1.82) is 0 Å². The van der Waals surface area contributed by atoms with Gasteiger partial charge in [-0.15, -0.1) is 6.07 Å². The molecule has 0 aliphatic rings. The van der Waals surface area contributed by atoms with E-state index in [0.29, 0.717) is 0 Å². The van der Waals surface area contributed by atoms with Crippen LogP contribution in [0.4, 0.5) is 0 Å². The van der Waals surface area contributed by atoms with Gasteiger partial charge in [0.2, 0.25) is 0 Å². The summed E-state index contributed by atoms with van der Waals surface area (Å²) in [6.07, 6.45) is 2.71. The van der Waals surface area contributed by atoms with E-state index in [1.54, 1.807) is 4.68 Å². The molecule has 0 bridgehead atoms. The van der Waals surface area contributed by atoms with Crippen LogP contribution >= 0.6 is 0 Å². The number of hydrogen-bond acceptors (Lipinski definition) is 3. The molecular weight excluding hydrogens is 292 g/mol. The molecular formula is C11H13BrMgN4. The fourth-order valence-electron chi connectivity index (χ4n) is 1.54. The van der Waals surface area contributed by atoms with Crippen LogP contribution in [-0.4, -0.2) is 43.3 Å². The van der Waals surface area contributed by atoms with Crippen molar-refractivity contribution in [3.63, 3.8) is 0 Å². The number of hydrogen-bond donors (Lipinski definition) is 0. The molecule has 1 aromatic heterocycles. The van der Waals surface area contributed by atoms with E-state index < -0.39 is 0 Å². The summed E-state index contributed by atoms with van der Waals surface area (Å²) >= 11 is 0. The molecule has 4 nitrogen and oxygen atoms in total. The van der Waals surface area contributed by atoms with Crippen LogP contribution in [0.1, 0.15) is 26.3 Å². The average Bonchev–Trinajstić information content (AvgIpc) is 2.69. The maximum atomic E-state index is 3.86. The molecule has 86 valence electrons. The smallest absolute Gasteiger partial charge is 1.00 e. The molecule has 0 amide bonds. The Balaban J connectivity index is 0.00000128. The third-order valence-corrected chi connectivity index (χ3v) is 2.25. The van der Waals surface area contributed by atoms with Crippen LogP contribution in [0.5, 0.6) is 0 Å². The van der Waals surface area contributed by atoms with Crippen molar-refractivity contribution in [1.82, 2.24) is 20.2 Å². The summed E-state index contributed by atoms with van der Waals surface area (Å²) in [5, 5.41) is 11.0. The zero-order chi connectivity index (χ0) is 10.9. The summed E-state index contributed by atoms with van der Waals surface area (Å²) in [7, 11) is 0. The van der Waals surface area contributed by atoms with Crippen molar-refractivity contribution >= 4 is 23.1 Å². The molecule has 0 N–H and O–H groups in total. The second-order valence-electron chi connectivity index (χ2n) is 4.46. The molecule has 0 saturated carbocycles. The maximum absolute atomic E-state index is 3.86. The second kappa shape index (κ2) is 6.46. The zero-order valence-corrected chi connectivity index (χ0v) is 13.2. The standard InChI is InChI=1S/C11H13N4.BrH.Mg/c1-11(2,3)9-6-4-5-7-10(9)15-8-12-13-14-15;;/h4-7H,1-3H3;1H;/q-1;;+2/p-1. The third-order valence-electron chi connectivity index (χ3n) is 2.25.